The number of carbonyl (C=O) groups is 1. The van der Waals surface area contributed by atoms with E-state index in [-0.39, 0.29) is 5.97 Å². The highest BCUT2D eigenvalue weighted by Gasteiger charge is 2.08. The smallest absolute Gasteiger partial charge is 0.337 e. The Balaban J connectivity index is 2.78. The summed E-state index contributed by atoms with van der Waals surface area (Å²) in [6.45, 7) is 2.90. The van der Waals surface area contributed by atoms with Crippen molar-refractivity contribution in [3.8, 4) is 5.75 Å². The van der Waals surface area contributed by atoms with Gasteiger partial charge in [0.05, 0.1) is 19.3 Å². The molecule has 0 saturated carbocycles. The number of rotatable bonds is 5. The molecule has 88 valence electrons. The first-order valence-electron chi connectivity index (χ1n) is 4.99. The van der Waals surface area contributed by atoms with Crippen molar-refractivity contribution in [3.05, 3.63) is 29.3 Å². The lowest BCUT2D eigenvalue weighted by Gasteiger charge is -2.09. The van der Waals surface area contributed by atoms with Gasteiger partial charge < -0.3 is 14.2 Å². The second-order valence-electron chi connectivity index (χ2n) is 3.31. The zero-order valence-electron chi connectivity index (χ0n) is 9.78. The van der Waals surface area contributed by atoms with Gasteiger partial charge in [-0.15, -0.1) is 0 Å². The Hall–Kier alpha value is -1.55. The SMILES string of the molecule is COCCOc1cc(C(=O)OC)ccc1C. The number of hydrogen-bond acceptors (Lipinski definition) is 4. The van der Waals surface area contributed by atoms with E-state index in [9.17, 15) is 4.79 Å². The number of aryl methyl sites for hydroxylation is 1. The molecule has 4 heteroatoms. The molecule has 16 heavy (non-hydrogen) atoms. The monoisotopic (exact) mass is 224 g/mol. The van der Waals surface area contributed by atoms with E-state index in [1.54, 1.807) is 19.2 Å². The Bertz CT molecular complexity index is 360. The van der Waals surface area contributed by atoms with Crippen molar-refractivity contribution >= 4 is 5.97 Å². The lowest BCUT2D eigenvalue weighted by molar-refractivity contribution is 0.0600. The fraction of sp³-hybridized carbons (Fsp3) is 0.417. The average molecular weight is 224 g/mol. The average Bonchev–Trinajstić information content (AvgIpc) is 2.31. The maximum Gasteiger partial charge on any atom is 0.337 e. The van der Waals surface area contributed by atoms with Crippen LogP contribution in [0.5, 0.6) is 5.75 Å². The van der Waals surface area contributed by atoms with Crippen LogP contribution in [0.3, 0.4) is 0 Å². The molecule has 1 aromatic carbocycles. The summed E-state index contributed by atoms with van der Waals surface area (Å²) in [5.41, 5.74) is 1.46. The molecule has 0 heterocycles. The Morgan fingerprint density at radius 3 is 2.62 bits per heavy atom. The minimum Gasteiger partial charge on any atom is -0.491 e. The zero-order valence-corrected chi connectivity index (χ0v) is 9.78. The summed E-state index contributed by atoms with van der Waals surface area (Å²) >= 11 is 0. The van der Waals surface area contributed by atoms with Crippen molar-refractivity contribution in [2.24, 2.45) is 0 Å². The van der Waals surface area contributed by atoms with Gasteiger partial charge in [-0.25, -0.2) is 4.79 Å². The molecule has 4 nitrogen and oxygen atoms in total. The quantitative estimate of drug-likeness (QED) is 0.565. The van der Waals surface area contributed by atoms with Crippen molar-refractivity contribution in [2.45, 2.75) is 6.92 Å². The van der Waals surface area contributed by atoms with Gasteiger partial charge in [0, 0.05) is 7.11 Å². The molecule has 0 N–H and O–H groups in total. The largest absolute Gasteiger partial charge is 0.491 e. The summed E-state index contributed by atoms with van der Waals surface area (Å²) < 4.78 is 15.0. The summed E-state index contributed by atoms with van der Waals surface area (Å²) in [5.74, 6) is 0.316. The van der Waals surface area contributed by atoms with Crippen LogP contribution in [0.2, 0.25) is 0 Å². The van der Waals surface area contributed by atoms with Gasteiger partial charge in [0.15, 0.2) is 0 Å². The summed E-state index contributed by atoms with van der Waals surface area (Å²) in [6, 6.07) is 5.22. The van der Waals surface area contributed by atoms with Crippen LogP contribution in [-0.2, 0) is 9.47 Å². The molecule has 0 amide bonds. The number of benzene rings is 1. The normalized spacial score (nSPS) is 9.94. The predicted octanol–water partition coefficient (Wildman–Crippen LogP) is 1.81. The second-order valence-corrected chi connectivity index (χ2v) is 3.31. The van der Waals surface area contributed by atoms with Gasteiger partial charge in [-0.2, -0.15) is 0 Å². The molecule has 0 aromatic heterocycles. The van der Waals surface area contributed by atoms with Crippen LogP contribution >= 0.6 is 0 Å². The van der Waals surface area contributed by atoms with E-state index in [2.05, 4.69) is 4.74 Å². The third-order valence-corrected chi connectivity index (χ3v) is 2.15. The Labute approximate surface area is 95.1 Å². The van der Waals surface area contributed by atoms with Crippen LogP contribution in [0.15, 0.2) is 18.2 Å². The van der Waals surface area contributed by atoms with E-state index in [4.69, 9.17) is 9.47 Å². The number of ether oxygens (including phenoxy) is 3. The van der Waals surface area contributed by atoms with E-state index < -0.39 is 0 Å². The minimum absolute atomic E-state index is 0.364. The highest BCUT2D eigenvalue weighted by Crippen LogP contribution is 2.19. The number of hydrogen-bond donors (Lipinski definition) is 0. The Kier molecular flexibility index (Phi) is 4.79. The predicted molar refractivity (Wildman–Crippen MR) is 59.9 cm³/mol. The zero-order chi connectivity index (χ0) is 12.0. The highest BCUT2D eigenvalue weighted by molar-refractivity contribution is 5.89. The first-order chi connectivity index (χ1) is 7.69. The van der Waals surface area contributed by atoms with Crippen LogP contribution in [0, 0.1) is 6.92 Å². The van der Waals surface area contributed by atoms with Crippen molar-refractivity contribution < 1.29 is 19.0 Å². The maximum absolute atomic E-state index is 11.3. The van der Waals surface area contributed by atoms with E-state index in [0.717, 1.165) is 5.56 Å². The third kappa shape index (κ3) is 3.24. The van der Waals surface area contributed by atoms with E-state index in [1.165, 1.54) is 7.11 Å². The molecular formula is C12H16O4. The van der Waals surface area contributed by atoms with Crippen LogP contribution in [0.4, 0.5) is 0 Å². The third-order valence-electron chi connectivity index (χ3n) is 2.15. The second kappa shape index (κ2) is 6.12. The Morgan fingerprint density at radius 1 is 1.25 bits per heavy atom. The van der Waals surface area contributed by atoms with E-state index in [1.807, 2.05) is 13.0 Å². The van der Waals surface area contributed by atoms with Crippen molar-refractivity contribution in [1.82, 2.24) is 0 Å². The summed E-state index contributed by atoms with van der Waals surface area (Å²) in [6.07, 6.45) is 0. The molecule has 0 radical (unpaired) electrons. The van der Waals surface area contributed by atoms with Gasteiger partial charge in [-0.3, -0.25) is 0 Å². The molecule has 0 aliphatic heterocycles. The summed E-state index contributed by atoms with van der Waals surface area (Å²) in [5, 5.41) is 0. The standard InChI is InChI=1S/C12H16O4/c1-9-4-5-10(12(13)15-3)8-11(9)16-7-6-14-2/h4-5,8H,6-7H2,1-3H3. The maximum atomic E-state index is 11.3. The molecule has 0 unspecified atom stereocenters. The van der Waals surface area contributed by atoms with E-state index >= 15 is 0 Å². The molecule has 0 bridgehead atoms. The molecule has 0 saturated heterocycles. The fourth-order valence-corrected chi connectivity index (χ4v) is 1.24. The first-order valence-corrected chi connectivity index (χ1v) is 4.99. The molecule has 0 spiro atoms. The molecular weight excluding hydrogens is 208 g/mol. The lowest BCUT2D eigenvalue weighted by atomic mass is 10.1. The van der Waals surface area contributed by atoms with Gasteiger partial charge >= 0.3 is 5.97 Å². The molecule has 0 aliphatic carbocycles. The number of carbonyl (C=O) groups excluding carboxylic acids is 1. The van der Waals surface area contributed by atoms with Gasteiger partial charge in [-0.05, 0) is 24.6 Å². The van der Waals surface area contributed by atoms with Gasteiger partial charge in [0.25, 0.3) is 0 Å². The van der Waals surface area contributed by atoms with Crippen LogP contribution < -0.4 is 4.74 Å². The van der Waals surface area contributed by atoms with Crippen molar-refractivity contribution in [1.29, 1.82) is 0 Å². The summed E-state index contributed by atoms with van der Waals surface area (Å²) in [4.78, 5) is 11.3. The van der Waals surface area contributed by atoms with Gasteiger partial charge in [0.2, 0.25) is 0 Å². The first kappa shape index (κ1) is 12.5. The molecule has 1 rings (SSSR count). The summed E-state index contributed by atoms with van der Waals surface area (Å²) in [7, 11) is 2.97. The molecule has 1 aromatic rings. The van der Waals surface area contributed by atoms with Crippen LogP contribution in [0.25, 0.3) is 0 Å². The number of methoxy groups -OCH3 is 2. The lowest BCUT2D eigenvalue weighted by Crippen LogP contribution is -2.07. The van der Waals surface area contributed by atoms with Crippen molar-refractivity contribution in [3.63, 3.8) is 0 Å². The van der Waals surface area contributed by atoms with Crippen molar-refractivity contribution in [2.75, 3.05) is 27.4 Å². The van der Waals surface area contributed by atoms with Crippen LogP contribution in [0.1, 0.15) is 15.9 Å². The van der Waals surface area contributed by atoms with Crippen LogP contribution in [-0.4, -0.2) is 33.4 Å². The topological polar surface area (TPSA) is 44.8 Å². The fourth-order valence-electron chi connectivity index (χ4n) is 1.24. The molecule has 0 atom stereocenters. The number of esters is 1. The minimum atomic E-state index is -0.364. The van der Waals surface area contributed by atoms with E-state index in [0.29, 0.717) is 24.5 Å². The molecule has 0 aliphatic rings. The Morgan fingerprint density at radius 2 is 2.00 bits per heavy atom. The van der Waals surface area contributed by atoms with Gasteiger partial charge in [0.1, 0.15) is 12.4 Å². The molecule has 0 fully saturated rings. The van der Waals surface area contributed by atoms with Gasteiger partial charge in [-0.1, -0.05) is 6.07 Å². The highest BCUT2D eigenvalue weighted by atomic mass is 16.5.